The molecule has 0 aliphatic heterocycles. The molecule has 0 fully saturated rings. The Balaban J connectivity index is 1.73. The summed E-state index contributed by atoms with van der Waals surface area (Å²) in [6.07, 6.45) is 5.09. The Morgan fingerprint density at radius 3 is 2.60 bits per heavy atom. The van der Waals surface area contributed by atoms with Gasteiger partial charge in [0, 0.05) is 30.1 Å². The molecule has 3 aromatic rings. The standard InChI is InChI=1S/C15H14N4O/c16-13-4-2-1-3-12(13)15-18-14(20-19-15)6-5-11-7-9-17-10-8-11/h1-4,7-10H,5-6,16H2. The lowest BCUT2D eigenvalue weighted by Crippen LogP contribution is -1.93. The Kier molecular flexibility index (Phi) is 3.41. The van der Waals surface area contributed by atoms with E-state index in [2.05, 4.69) is 15.1 Å². The molecule has 0 unspecified atom stereocenters. The molecular formula is C15H14N4O. The number of anilines is 1. The molecule has 0 radical (unpaired) electrons. The van der Waals surface area contributed by atoms with Crippen LogP contribution in [0.25, 0.3) is 11.4 Å². The number of hydrogen-bond acceptors (Lipinski definition) is 5. The van der Waals surface area contributed by atoms with Crippen molar-refractivity contribution >= 4 is 5.69 Å². The second kappa shape index (κ2) is 5.52. The molecule has 3 rings (SSSR count). The maximum absolute atomic E-state index is 5.90. The van der Waals surface area contributed by atoms with Gasteiger partial charge >= 0.3 is 0 Å². The monoisotopic (exact) mass is 266 g/mol. The number of pyridine rings is 1. The normalized spacial score (nSPS) is 10.6. The van der Waals surface area contributed by atoms with Crippen LogP contribution in [0.15, 0.2) is 53.3 Å². The van der Waals surface area contributed by atoms with Crippen molar-refractivity contribution in [2.75, 3.05) is 5.73 Å². The predicted molar refractivity (Wildman–Crippen MR) is 75.8 cm³/mol. The quantitative estimate of drug-likeness (QED) is 0.734. The average molecular weight is 266 g/mol. The fourth-order valence-electron chi connectivity index (χ4n) is 1.97. The van der Waals surface area contributed by atoms with Crippen molar-refractivity contribution in [1.29, 1.82) is 0 Å². The Labute approximate surface area is 116 Å². The molecule has 0 bridgehead atoms. The maximum Gasteiger partial charge on any atom is 0.227 e. The summed E-state index contributed by atoms with van der Waals surface area (Å²) in [5.41, 5.74) is 8.54. The summed E-state index contributed by atoms with van der Waals surface area (Å²) in [7, 11) is 0. The molecule has 1 aromatic carbocycles. The van der Waals surface area contributed by atoms with Crippen molar-refractivity contribution in [3.8, 4) is 11.4 Å². The number of nitrogen functional groups attached to an aromatic ring is 1. The lowest BCUT2D eigenvalue weighted by Gasteiger charge is -1.98. The minimum Gasteiger partial charge on any atom is -0.398 e. The van der Waals surface area contributed by atoms with Crippen LogP contribution >= 0.6 is 0 Å². The van der Waals surface area contributed by atoms with Crippen LogP contribution < -0.4 is 5.73 Å². The van der Waals surface area contributed by atoms with Gasteiger partial charge in [-0.3, -0.25) is 4.98 Å². The fraction of sp³-hybridized carbons (Fsp3) is 0.133. The Hall–Kier alpha value is -2.69. The Bertz CT molecular complexity index is 694. The van der Waals surface area contributed by atoms with E-state index in [1.165, 1.54) is 5.56 Å². The number of nitrogens with two attached hydrogens (primary N) is 1. The molecule has 5 heteroatoms. The summed E-state index contributed by atoms with van der Waals surface area (Å²) in [4.78, 5) is 8.37. The van der Waals surface area contributed by atoms with Crippen molar-refractivity contribution < 1.29 is 4.52 Å². The topological polar surface area (TPSA) is 77.8 Å². The van der Waals surface area contributed by atoms with Crippen molar-refractivity contribution in [2.45, 2.75) is 12.8 Å². The van der Waals surface area contributed by atoms with Gasteiger partial charge in [-0.2, -0.15) is 4.98 Å². The number of para-hydroxylation sites is 1. The molecule has 0 aliphatic rings. The highest BCUT2D eigenvalue weighted by Crippen LogP contribution is 2.22. The molecule has 2 heterocycles. The largest absolute Gasteiger partial charge is 0.398 e. The van der Waals surface area contributed by atoms with E-state index in [0.29, 0.717) is 23.8 Å². The first-order chi connectivity index (χ1) is 9.83. The van der Waals surface area contributed by atoms with Crippen LogP contribution in [0, 0.1) is 0 Å². The number of aryl methyl sites for hydroxylation is 2. The second-order valence-electron chi connectivity index (χ2n) is 4.45. The fourth-order valence-corrected chi connectivity index (χ4v) is 1.97. The molecule has 0 atom stereocenters. The van der Waals surface area contributed by atoms with E-state index in [1.54, 1.807) is 12.4 Å². The van der Waals surface area contributed by atoms with E-state index in [4.69, 9.17) is 10.3 Å². The number of hydrogen-bond donors (Lipinski definition) is 1. The lowest BCUT2D eigenvalue weighted by molar-refractivity contribution is 0.379. The van der Waals surface area contributed by atoms with Gasteiger partial charge in [-0.25, -0.2) is 0 Å². The van der Waals surface area contributed by atoms with E-state index in [1.807, 2.05) is 36.4 Å². The predicted octanol–water partition coefficient (Wildman–Crippen LogP) is 2.50. The molecular weight excluding hydrogens is 252 g/mol. The third kappa shape index (κ3) is 2.66. The second-order valence-corrected chi connectivity index (χ2v) is 4.45. The van der Waals surface area contributed by atoms with Gasteiger partial charge in [0.25, 0.3) is 0 Å². The third-order valence-electron chi connectivity index (χ3n) is 3.05. The van der Waals surface area contributed by atoms with Gasteiger partial charge in [-0.1, -0.05) is 17.3 Å². The first-order valence-corrected chi connectivity index (χ1v) is 6.39. The smallest absolute Gasteiger partial charge is 0.227 e. The van der Waals surface area contributed by atoms with Gasteiger partial charge in [0.05, 0.1) is 0 Å². The minimum atomic E-state index is 0.535. The molecule has 0 spiro atoms. The first kappa shape index (κ1) is 12.3. The molecule has 0 saturated heterocycles. The highest BCUT2D eigenvalue weighted by molar-refractivity contribution is 5.70. The molecule has 2 aromatic heterocycles. The number of nitrogens with zero attached hydrogens (tertiary/aromatic N) is 3. The van der Waals surface area contributed by atoms with E-state index in [9.17, 15) is 0 Å². The molecule has 5 nitrogen and oxygen atoms in total. The van der Waals surface area contributed by atoms with Gasteiger partial charge in [0.15, 0.2) is 0 Å². The van der Waals surface area contributed by atoms with Crippen LogP contribution in [0.2, 0.25) is 0 Å². The van der Waals surface area contributed by atoms with Crippen LogP contribution in [0.3, 0.4) is 0 Å². The summed E-state index contributed by atoms with van der Waals surface area (Å²) < 4.78 is 5.26. The number of rotatable bonds is 4. The molecule has 0 saturated carbocycles. The molecule has 2 N–H and O–H groups in total. The van der Waals surface area contributed by atoms with Crippen LogP contribution in [0.4, 0.5) is 5.69 Å². The lowest BCUT2D eigenvalue weighted by atomic mass is 10.1. The third-order valence-corrected chi connectivity index (χ3v) is 3.05. The molecule has 0 aliphatic carbocycles. The molecule has 0 amide bonds. The van der Waals surface area contributed by atoms with Gasteiger partial charge in [-0.15, -0.1) is 0 Å². The van der Waals surface area contributed by atoms with E-state index in [-0.39, 0.29) is 0 Å². The molecule has 100 valence electrons. The van der Waals surface area contributed by atoms with Crippen LogP contribution in [-0.4, -0.2) is 15.1 Å². The Morgan fingerprint density at radius 1 is 1.00 bits per heavy atom. The minimum absolute atomic E-state index is 0.535. The first-order valence-electron chi connectivity index (χ1n) is 6.39. The number of aromatic nitrogens is 3. The van der Waals surface area contributed by atoms with Crippen LogP contribution in [0.1, 0.15) is 11.5 Å². The zero-order chi connectivity index (χ0) is 13.8. The molecule has 20 heavy (non-hydrogen) atoms. The van der Waals surface area contributed by atoms with Gasteiger partial charge in [-0.05, 0) is 36.2 Å². The zero-order valence-electron chi connectivity index (χ0n) is 10.9. The highest BCUT2D eigenvalue weighted by Gasteiger charge is 2.10. The van der Waals surface area contributed by atoms with Crippen LogP contribution in [-0.2, 0) is 12.8 Å². The van der Waals surface area contributed by atoms with Gasteiger partial charge in [0.2, 0.25) is 11.7 Å². The van der Waals surface area contributed by atoms with E-state index in [0.717, 1.165) is 12.0 Å². The SMILES string of the molecule is Nc1ccccc1-c1noc(CCc2ccncc2)n1. The van der Waals surface area contributed by atoms with Crippen molar-refractivity contribution in [2.24, 2.45) is 0 Å². The number of benzene rings is 1. The van der Waals surface area contributed by atoms with E-state index < -0.39 is 0 Å². The summed E-state index contributed by atoms with van der Waals surface area (Å²) >= 11 is 0. The highest BCUT2D eigenvalue weighted by atomic mass is 16.5. The van der Waals surface area contributed by atoms with Crippen molar-refractivity contribution in [3.63, 3.8) is 0 Å². The van der Waals surface area contributed by atoms with Crippen molar-refractivity contribution in [1.82, 2.24) is 15.1 Å². The summed E-state index contributed by atoms with van der Waals surface area (Å²) in [6, 6.07) is 11.4. The van der Waals surface area contributed by atoms with Crippen molar-refractivity contribution in [3.05, 3.63) is 60.2 Å². The maximum atomic E-state index is 5.90. The van der Waals surface area contributed by atoms with Gasteiger partial charge < -0.3 is 10.3 Å². The summed E-state index contributed by atoms with van der Waals surface area (Å²) in [6.45, 7) is 0. The average Bonchev–Trinajstić information content (AvgIpc) is 2.95. The van der Waals surface area contributed by atoms with Gasteiger partial charge in [0.1, 0.15) is 0 Å². The van der Waals surface area contributed by atoms with Crippen LogP contribution in [0.5, 0.6) is 0 Å². The zero-order valence-corrected chi connectivity index (χ0v) is 10.9. The summed E-state index contributed by atoms with van der Waals surface area (Å²) in [5.74, 6) is 1.15. The summed E-state index contributed by atoms with van der Waals surface area (Å²) in [5, 5.41) is 3.98. The van der Waals surface area contributed by atoms with E-state index >= 15 is 0 Å². The Morgan fingerprint density at radius 2 is 1.80 bits per heavy atom.